The van der Waals surface area contributed by atoms with Gasteiger partial charge in [0.1, 0.15) is 0 Å². The van der Waals surface area contributed by atoms with Gasteiger partial charge in [-0.1, -0.05) is 179 Å². The summed E-state index contributed by atoms with van der Waals surface area (Å²) in [6, 6.07) is 72.5. The zero-order chi connectivity index (χ0) is 40.3. The number of nitrogens with zero attached hydrogens (tertiary/aromatic N) is 2. The quantitative estimate of drug-likeness (QED) is 0.169. The Morgan fingerprint density at radius 3 is 1.67 bits per heavy atom. The van der Waals surface area contributed by atoms with Crippen molar-refractivity contribution in [1.82, 2.24) is 4.57 Å². The molecule has 12 rings (SSSR count). The lowest BCUT2D eigenvalue weighted by Gasteiger charge is -2.32. The van der Waals surface area contributed by atoms with Crippen LogP contribution < -0.4 is 4.90 Å². The third-order valence-electron chi connectivity index (χ3n) is 13.8. The Labute approximate surface area is 351 Å². The van der Waals surface area contributed by atoms with Crippen LogP contribution >= 0.6 is 0 Å². The molecule has 10 aromatic rings. The van der Waals surface area contributed by atoms with Crippen molar-refractivity contribution in [2.24, 2.45) is 0 Å². The number of para-hydroxylation sites is 2. The molecule has 0 bridgehead atoms. The lowest BCUT2D eigenvalue weighted by atomic mass is 9.82. The van der Waals surface area contributed by atoms with Gasteiger partial charge in [0.15, 0.2) is 0 Å². The van der Waals surface area contributed by atoms with Gasteiger partial charge in [0.25, 0.3) is 0 Å². The van der Waals surface area contributed by atoms with Gasteiger partial charge in [-0.25, -0.2) is 0 Å². The minimum absolute atomic E-state index is 0.154. The highest BCUT2D eigenvalue weighted by Gasteiger charge is 2.39. The van der Waals surface area contributed by atoms with Crippen LogP contribution in [0.3, 0.4) is 0 Å². The van der Waals surface area contributed by atoms with E-state index in [1.165, 1.54) is 93.9 Å². The predicted molar refractivity (Wildman–Crippen MR) is 254 cm³/mol. The molecule has 0 N–H and O–H groups in total. The molecular formula is C58H44N2. The van der Waals surface area contributed by atoms with Gasteiger partial charge < -0.3 is 9.47 Å². The monoisotopic (exact) mass is 768 g/mol. The van der Waals surface area contributed by atoms with Gasteiger partial charge in [0, 0.05) is 44.1 Å². The van der Waals surface area contributed by atoms with Gasteiger partial charge in [-0.3, -0.25) is 0 Å². The largest absolute Gasteiger partial charge is 0.309 e. The molecule has 0 fully saturated rings. The Kier molecular flexibility index (Phi) is 7.36. The molecule has 0 atom stereocenters. The Hall–Kier alpha value is -7.16. The summed E-state index contributed by atoms with van der Waals surface area (Å²) in [4.78, 5) is 2.59. The summed E-state index contributed by atoms with van der Waals surface area (Å²) >= 11 is 0. The number of anilines is 3. The fourth-order valence-electron chi connectivity index (χ4n) is 10.9. The summed E-state index contributed by atoms with van der Waals surface area (Å²) in [5, 5.41) is 4.97. The molecule has 60 heavy (non-hydrogen) atoms. The normalized spacial score (nSPS) is 14.3. The van der Waals surface area contributed by atoms with E-state index in [0.717, 1.165) is 17.1 Å². The van der Waals surface area contributed by atoms with E-state index in [1.54, 1.807) is 0 Å². The van der Waals surface area contributed by atoms with E-state index in [4.69, 9.17) is 0 Å². The average molecular weight is 769 g/mol. The van der Waals surface area contributed by atoms with Gasteiger partial charge in [-0.2, -0.15) is 0 Å². The molecule has 0 saturated heterocycles. The first-order valence-corrected chi connectivity index (χ1v) is 21.2. The maximum Gasteiger partial charge on any atom is 0.0561 e. The number of hydrogen-bond donors (Lipinski definition) is 0. The maximum absolute atomic E-state index is 2.59. The molecule has 286 valence electrons. The van der Waals surface area contributed by atoms with E-state index in [9.17, 15) is 0 Å². The summed E-state index contributed by atoms with van der Waals surface area (Å²) in [6.07, 6.45) is 0. The first-order chi connectivity index (χ1) is 29.3. The van der Waals surface area contributed by atoms with Crippen LogP contribution in [0.1, 0.15) is 49.9 Å². The van der Waals surface area contributed by atoms with Gasteiger partial charge in [0.05, 0.1) is 22.4 Å². The SMILES string of the molecule is CC1(C)c2ccccc2-c2ccc(N(c3cc(-n4c5ccccc5c5ccccc54)ccc3-c3cccc4ccccc34)c3cccc4c3-c3ccccc3C4(C)C)cc21. The third kappa shape index (κ3) is 4.82. The van der Waals surface area contributed by atoms with Gasteiger partial charge >= 0.3 is 0 Å². The highest BCUT2D eigenvalue weighted by Crippen LogP contribution is 2.57. The van der Waals surface area contributed by atoms with Crippen LogP contribution in [0, 0.1) is 0 Å². The lowest BCUT2D eigenvalue weighted by Crippen LogP contribution is -2.18. The van der Waals surface area contributed by atoms with E-state index in [-0.39, 0.29) is 10.8 Å². The van der Waals surface area contributed by atoms with Crippen LogP contribution in [-0.4, -0.2) is 4.57 Å². The number of hydrogen-bond acceptors (Lipinski definition) is 1. The van der Waals surface area contributed by atoms with E-state index in [1.807, 2.05) is 0 Å². The smallest absolute Gasteiger partial charge is 0.0561 e. The van der Waals surface area contributed by atoms with Crippen molar-refractivity contribution in [3.63, 3.8) is 0 Å². The second-order valence-corrected chi connectivity index (χ2v) is 17.7. The van der Waals surface area contributed by atoms with Gasteiger partial charge in [-0.15, -0.1) is 0 Å². The van der Waals surface area contributed by atoms with Crippen molar-refractivity contribution in [2.45, 2.75) is 38.5 Å². The summed E-state index contributed by atoms with van der Waals surface area (Å²) in [5.74, 6) is 0. The molecule has 1 heterocycles. The van der Waals surface area contributed by atoms with E-state index in [0.29, 0.717) is 0 Å². The number of fused-ring (bicyclic) bond motifs is 10. The minimum Gasteiger partial charge on any atom is -0.309 e. The van der Waals surface area contributed by atoms with E-state index < -0.39 is 0 Å². The van der Waals surface area contributed by atoms with Crippen LogP contribution in [0.4, 0.5) is 17.1 Å². The summed E-state index contributed by atoms with van der Waals surface area (Å²) in [5.41, 5.74) is 19.8. The molecule has 0 saturated carbocycles. The Morgan fingerprint density at radius 1 is 0.367 bits per heavy atom. The molecule has 0 spiro atoms. The highest BCUT2D eigenvalue weighted by molar-refractivity contribution is 6.10. The number of rotatable bonds is 5. The van der Waals surface area contributed by atoms with Crippen molar-refractivity contribution in [2.75, 3.05) is 4.90 Å². The first kappa shape index (κ1) is 34.8. The van der Waals surface area contributed by atoms with Gasteiger partial charge in [0.2, 0.25) is 0 Å². The standard InChI is InChI=1S/C58H44N2/c1-57(2)49-26-12-8-23-47(49)56-50(57)27-16-30-54(56)60(38-31-33-43-42-20-7-11-25-48(42)58(3,4)51(43)35-38)55-36-39(32-34-46(55)41-24-15-18-37-17-5-6-19-40(37)41)59-52-28-13-9-21-44(52)45-22-10-14-29-53(45)59/h5-36H,1-4H3. The van der Waals surface area contributed by atoms with Crippen molar-refractivity contribution < 1.29 is 0 Å². The molecule has 2 aliphatic carbocycles. The van der Waals surface area contributed by atoms with Gasteiger partial charge in [-0.05, 0) is 97.7 Å². The van der Waals surface area contributed by atoms with Crippen LogP contribution in [0.2, 0.25) is 0 Å². The summed E-state index contributed by atoms with van der Waals surface area (Å²) in [6.45, 7) is 9.53. The highest BCUT2D eigenvalue weighted by atomic mass is 15.2. The topological polar surface area (TPSA) is 8.17 Å². The second-order valence-electron chi connectivity index (χ2n) is 17.7. The summed E-state index contributed by atoms with van der Waals surface area (Å²) < 4.78 is 2.45. The molecule has 0 aliphatic heterocycles. The predicted octanol–water partition coefficient (Wildman–Crippen LogP) is 15.7. The molecule has 1 aromatic heterocycles. The van der Waals surface area contributed by atoms with Crippen LogP contribution in [0.5, 0.6) is 0 Å². The molecule has 0 radical (unpaired) electrons. The van der Waals surface area contributed by atoms with Crippen molar-refractivity contribution in [3.8, 4) is 39.1 Å². The van der Waals surface area contributed by atoms with Crippen LogP contribution in [0.25, 0.3) is 71.6 Å². The molecule has 2 heteroatoms. The van der Waals surface area contributed by atoms with Crippen molar-refractivity contribution in [1.29, 1.82) is 0 Å². The first-order valence-electron chi connectivity index (χ1n) is 21.2. The maximum atomic E-state index is 2.59. The zero-order valence-corrected chi connectivity index (χ0v) is 34.4. The average Bonchev–Trinajstić information content (AvgIpc) is 3.84. The van der Waals surface area contributed by atoms with Crippen molar-refractivity contribution >= 4 is 49.6 Å². The number of aromatic nitrogens is 1. The van der Waals surface area contributed by atoms with E-state index in [2.05, 4.69) is 231 Å². The van der Waals surface area contributed by atoms with E-state index >= 15 is 0 Å². The molecule has 2 nitrogen and oxygen atoms in total. The second kappa shape index (κ2) is 12.7. The molecule has 2 aliphatic rings. The minimum atomic E-state index is -0.163. The Balaban J connectivity index is 1.21. The van der Waals surface area contributed by atoms with Crippen LogP contribution in [0.15, 0.2) is 194 Å². The fraction of sp³-hybridized carbons (Fsp3) is 0.103. The summed E-state index contributed by atoms with van der Waals surface area (Å²) in [7, 11) is 0. The Morgan fingerprint density at radius 2 is 0.900 bits per heavy atom. The molecule has 9 aromatic carbocycles. The number of benzene rings is 9. The molecular weight excluding hydrogens is 725 g/mol. The lowest BCUT2D eigenvalue weighted by molar-refractivity contribution is 0.660. The van der Waals surface area contributed by atoms with Crippen molar-refractivity contribution in [3.05, 3.63) is 216 Å². The van der Waals surface area contributed by atoms with Crippen LogP contribution in [-0.2, 0) is 10.8 Å². The third-order valence-corrected chi connectivity index (χ3v) is 13.8. The zero-order valence-electron chi connectivity index (χ0n) is 34.4. The Bertz CT molecular complexity index is 3340. The molecule has 0 unspecified atom stereocenters. The fourth-order valence-corrected chi connectivity index (χ4v) is 10.9. The molecule has 0 amide bonds.